The summed E-state index contributed by atoms with van der Waals surface area (Å²) in [7, 11) is 0. The fraction of sp³-hybridized carbons (Fsp3) is 0.300. The summed E-state index contributed by atoms with van der Waals surface area (Å²) in [5, 5.41) is 0.575. The lowest BCUT2D eigenvalue weighted by molar-refractivity contribution is -0.133. The Morgan fingerprint density at radius 1 is 0.926 bits per heavy atom. The molecule has 0 aliphatic heterocycles. The highest BCUT2D eigenvalue weighted by atomic mass is 35.5. The normalized spacial score (nSPS) is 11.6. The van der Waals surface area contributed by atoms with Crippen molar-refractivity contribution in [3.63, 3.8) is 0 Å². The van der Waals surface area contributed by atoms with Crippen LogP contribution in [0, 0.1) is 0 Å². The van der Waals surface area contributed by atoms with Gasteiger partial charge < -0.3 is 9.47 Å². The summed E-state index contributed by atoms with van der Waals surface area (Å²) in [6, 6.07) is 14.2. The van der Waals surface area contributed by atoms with E-state index in [2.05, 4.69) is 24.7 Å². The monoisotopic (exact) mass is 390 g/mol. The molecule has 2 aromatic rings. The van der Waals surface area contributed by atoms with Gasteiger partial charge in [0.25, 0.3) is 11.8 Å². The lowest BCUT2D eigenvalue weighted by Gasteiger charge is -2.15. The number of ether oxygens (including phenoxy) is 2. The Bertz CT molecular complexity index is 761. The van der Waals surface area contributed by atoms with Gasteiger partial charge in [-0.25, -0.2) is 0 Å². The van der Waals surface area contributed by atoms with E-state index in [1.165, 1.54) is 5.56 Å². The highest BCUT2D eigenvalue weighted by Gasteiger charge is 2.15. The highest BCUT2D eigenvalue weighted by molar-refractivity contribution is 6.30. The fourth-order valence-electron chi connectivity index (χ4n) is 2.14. The predicted molar refractivity (Wildman–Crippen MR) is 104 cm³/mol. The Morgan fingerprint density at radius 2 is 1.52 bits per heavy atom. The van der Waals surface area contributed by atoms with Crippen molar-refractivity contribution in [3.05, 3.63) is 59.1 Å². The Balaban J connectivity index is 1.72. The number of carbonyl (C=O) groups excluding carboxylic acids is 2. The number of rotatable bonds is 7. The number of nitrogens with one attached hydrogen (secondary N) is 2. The third-order valence-electron chi connectivity index (χ3n) is 3.74. The van der Waals surface area contributed by atoms with Gasteiger partial charge in [-0.2, -0.15) is 0 Å². The van der Waals surface area contributed by atoms with E-state index in [4.69, 9.17) is 21.1 Å². The maximum absolute atomic E-state index is 12.0. The summed E-state index contributed by atoms with van der Waals surface area (Å²) in [6.45, 7) is 5.56. The molecule has 0 radical (unpaired) electrons. The molecule has 0 aliphatic rings. The third kappa shape index (κ3) is 6.83. The molecule has 0 aromatic heterocycles. The van der Waals surface area contributed by atoms with Crippen LogP contribution in [0.2, 0.25) is 5.02 Å². The topological polar surface area (TPSA) is 76.7 Å². The molecule has 0 aliphatic carbocycles. The first-order chi connectivity index (χ1) is 12.8. The van der Waals surface area contributed by atoms with Crippen LogP contribution in [0.1, 0.15) is 32.3 Å². The summed E-state index contributed by atoms with van der Waals surface area (Å²) in [4.78, 5) is 23.8. The van der Waals surface area contributed by atoms with Crippen molar-refractivity contribution in [3.8, 4) is 11.5 Å². The van der Waals surface area contributed by atoms with E-state index in [0.29, 0.717) is 22.4 Å². The molecule has 0 bridgehead atoms. The van der Waals surface area contributed by atoms with Crippen LogP contribution >= 0.6 is 11.6 Å². The van der Waals surface area contributed by atoms with Gasteiger partial charge in [0.1, 0.15) is 11.5 Å². The molecule has 0 saturated carbocycles. The van der Waals surface area contributed by atoms with Crippen LogP contribution in [0.3, 0.4) is 0 Å². The predicted octanol–water partition coefficient (Wildman–Crippen LogP) is 3.46. The second kappa shape index (κ2) is 9.83. The lowest BCUT2D eigenvalue weighted by Crippen LogP contribution is -2.48. The van der Waals surface area contributed by atoms with E-state index in [0.717, 1.165) is 0 Å². The van der Waals surface area contributed by atoms with Gasteiger partial charge in [0.2, 0.25) is 0 Å². The second-order valence-electron chi connectivity index (χ2n) is 6.26. The van der Waals surface area contributed by atoms with E-state index in [-0.39, 0.29) is 6.61 Å². The minimum absolute atomic E-state index is 0.215. The minimum atomic E-state index is -0.795. The number of amides is 2. The molecule has 7 heteroatoms. The second-order valence-corrected chi connectivity index (χ2v) is 6.70. The molecule has 0 spiro atoms. The van der Waals surface area contributed by atoms with Crippen LogP contribution < -0.4 is 20.3 Å². The van der Waals surface area contributed by atoms with Crippen molar-refractivity contribution in [2.75, 3.05) is 6.61 Å². The SMILES string of the molecule is CC(Oc1ccc(Cl)cc1)C(=O)NNC(=O)COc1ccc(C(C)C)cc1. The van der Waals surface area contributed by atoms with Gasteiger partial charge >= 0.3 is 0 Å². The molecular formula is C20H23ClN2O4. The molecule has 2 rings (SSSR count). The van der Waals surface area contributed by atoms with E-state index < -0.39 is 17.9 Å². The number of benzene rings is 2. The molecule has 2 aromatic carbocycles. The summed E-state index contributed by atoms with van der Waals surface area (Å²) in [5.41, 5.74) is 5.79. The number of carbonyl (C=O) groups is 2. The Hall–Kier alpha value is -2.73. The lowest BCUT2D eigenvalue weighted by atomic mass is 10.0. The Morgan fingerprint density at radius 3 is 2.11 bits per heavy atom. The average Bonchev–Trinajstić information content (AvgIpc) is 2.66. The van der Waals surface area contributed by atoms with Crippen LogP contribution in [-0.4, -0.2) is 24.5 Å². The van der Waals surface area contributed by atoms with E-state index in [1.54, 1.807) is 31.2 Å². The van der Waals surface area contributed by atoms with Crippen LogP contribution in [0.5, 0.6) is 11.5 Å². The van der Waals surface area contributed by atoms with Gasteiger partial charge in [-0.1, -0.05) is 37.6 Å². The average molecular weight is 391 g/mol. The standard InChI is InChI=1S/C20H23ClN2O4/c1-13(2)15-4-8-17(9-5-15)26-12-19(24)22-23-20(25)14(3)27-18-10-6-16(21)7-11-18/h4-11,13-14H,12H2,1-3H3,(H,22,24)(H,23,25). The molecule has 0 fully saturated rings. The quantitative estimate of drug-likeness (QED) is 0.710. The molecule has 0 heterocycles. The summed E-state index contributed by atoms with van der Waals surface area (Å²) < 4.78 is 10.9. The van der Waals surface area contributed by atoms with E-state index in [9.17, 15) is 9.59 Å². The fourth-order valence-corrected chi connectivity index (χ4v) is 2.26. The first-order valence-corrected chi connectivity index (χ1v) is 8.96. The van der Waals surface area contributed by atoms with Gasteiger partial charge in [0, 0.05) is 5.02 Å². The van der Waals surface area contributed by atoms with Crippen molar-refractivity contribution < 1.29 is 19.1 Å². The molecule has 1 atom stereocenters. The summed E-state index contributed by atoms with van der Waals surface area (Å²) >= 11 is 5.80. The third-order valence-corrected chi connectivity index (χ3v) is 3.99. The van der Waals surface area contributed by atoms with Crippen molar-refractivity contribution in [1.29, 1.82) is 0 Å². The molecule has 1 unspecified atom stereocenters. The smallest absolute Gasteiger partial charge is 0.279 e. The highest BCUT2D eigenvalue weighted by Crippen LogP contribution is 2.18. The summed E-state index contributed by atoms with van der Waals surface area (Å²) in [6.07, 6.45) is -0.795. The molecular weight excluding hydrogens is 368 g/mol. The zero-order chi connectivity index (χ0) is 19.8. The zero-order valence-electron chi connectivity index (χ0n) is 15.5. The Kier molecular flexibility index (Phi) is 7.49. The van der Waals surface area contributed by atoms with Gasteiger partial charge in [-0.05, 0) is 54.8 Å². The Labute approximate surface area is 163 Å². The first-order valence-electron chi connectivity index (χ1n) is 8.59. The molecule has 2 amide bonds. The number of hydrazine groups is 1. The van der Waals surface area contributed by atoms with Crippen molar-refractivity contribution in [1.82, 2.24) is 10.9 Å². The van der Waals surface area contributed by atoms with Crippen molar-refractivity contribution in [2.45, 2.75) is 32.8 Å². The van der Waals surface area contributed by atoms with E-state index in [1.807, 2.05) is 24.3 Å². The van der Waals surface area contributed by atoms with E-state index >= 15 is 0 Å². The van der Waals surface area contributed by atoms with Crippen molar-refractivity contribution in [2.24, 2.45) is 0 Å². The zero-order valence-corrected chi connectivity index (χ0v) is 16.2. The molecule has 2 N–H and O–H groups in total. The van der Waals surface area contributed by atoms with Crippen LogP contribution in [0.4, 0.5) is 0 Å². The molecule has 144 valence electrons. The van der Waals surface area contributed by atoms with Crippen LogP contribution in [0.15, 0.2) is 48.5 Å². The van der Waals surface area contributed by atoms with Gasteiger partial charge in [-0.15, -0.1) is 0 Å². The number of hydrogen-bond donors (Lipinski definition) is 2. The van der Waals surface area contributed by atoms with Gasteiger partial charge in [0.15, 0.2) is 12.7 Å². The minimum Gasteiger partial charge on any atom is -0.484 e. The first kappa shape index (κ1) is 20.6. The maximum Gasteiger partial charge on any atom is 0.279 e. The molecule has 0 saturated heterocycles. The largest absolute Gasteiger partial charge is 0.484 e. The van der Waals surface area contributed by atoms with Gasteiger partial charge in [0.05, 0.1) is 0 Å². The number of halogens is 1. The maximum atomic E-state index is 12.0. The van der Waals surface area contributed by atoms with Crippen LogP contribution in [0.25, 0.3) is 0 Å². The molecule has 27 heavy (non-hydrogen) atoms. The summed E-state index contributed by atoms with van der Waals surface area (Å²) in [5.74, 6) is 0.547. The van der Waals surface area contributed by atoms with Gasteiger partial charge in [-0.3, -0.25) is 20.4 Å². The van der Waals surface area contributed by atoms with Crippen molar-refractivity contribution >= 4 is 23.4 Å². The van der Waals surface area contributed by atoms with Crippen LogP contribution in [-0.2, 0) is 9.59 Å². The molecule has 6 nitrogen and oxygen atoms in total. The number of hydrogen-bond acceptors (Lipinski definition) is 4.